The lowest BCUT2D eigenvalue weighted by molar-refractivity contribution is 0.627. The van der Waals surface area contributed by atoms with Gasteiger partial charge in [-0.05, 0) is 42.5 Å². The van der Waals surface area contributed by atoms with Crippen molar-refractivity contribution < 1.29 is 4.39 Å². The molecule has 0 saturated heterocycles. The van der Waals surface area contributed by atoms with Crippen molar-refractivity contribution in [2.45, 2.75) is 0 Å². The Kier molecular flexibility index (Phi) is 4.15. The minimum absolute atomic E-state index is 0.267. The molecule has 0 aliphatic heterocycles. The number of nitrogens with zero attached hydrogens (tertiary/aromatic N) is 3. The van der Waals surface area contributed by atoms with E-state index in [1.807, 2.05) is 47.2 Å². The first kappa shape index (κ1) is 15.7. The molecular weight excluding hydrogens is 381 g/mol. The second-order valence-corrected chi connectivity index (χ2v) is 6.35. The Balaban J connectivity index is 1.99. The van der Waals surface area contributed by atoms with Crippen LogP contribution in [0.2, 0.25) is 0 Å². The fraction of sp³-hybridized carbons (Fsp3) is 0. The summed E-state index contributed by atoms with van der Waals surface area (Å²) < 4.78 is 16.4. The van der Waals surface area contributed by atoms with Crippen molar-refractivity contribution in [3.63, 3.8) is 0 Å². The summed E-state index contributed by atoms with van der Waals surface area (Å²) in [4.78, 5) is 8.72. The van der Waals surface area contributed by atoms with Crippen LogP contribution >= 0.6 is 15.9 Å². The van der Waals surface area contributed by atoms with Crippen LogP contribution in [-0.4, -0.2) is 14.5 Å². The highest BCUT2D eigenvalue weighted by atomic mass is 79.9. The van der Waals surface area contributed by atoms with Crippen molar-refractivity contribution in [1.82, 2.24) is 14.5 Å². The summed E-state index contributed by atoms with van der Waals surface area (Å²) in [5.74, 6) is 0.516. The average molecular weight is 394 g/mol. The Bertz CT molecular complexity index is 1010. The maximum absolute atomic E-state index is 13.4. The quantitative estimate of drug-likeness (QED) is 0.459. The Labute approximate surface area is 152 Å². The van der Waals surface area contributed by atoms with Crippen LogP contribution in [0.25, 0.3) is 28.3 Å². The van der Waals surface area contributed by atoms with E-state index in [0.717, 1.165) is 32.8 Å². The van der Waals surface area contributed by atoms with Gasteiger partial charge in [0.15, 0.2) is 0 Å². The number of rotatable bonds is 3. The molecule has 0 aliphatic rings. The number of imidazole rings is 1. The smallest absolute Gasteiger partial charge is 0.146 e. The molecule has 0 radical (unpaired) electrons. The summed E-state index contributed by atoms with van der Waals surface area (Å²) in [6.07, 6.45) is 5.32. The molecule has 0 N–H and O–H groups in total. The Hall–Kier alpha value is -2.79. The van der Waals surface area contributed by atoms with E-state index in [-0.39, 0.29) is 5.82 Å². The van der Waals surface area contributed by atoms with Crippen LogP contribution in [0, 0.1) is 5.82 Å². The zero-order valence-corrected chi connectivity index (χ0v) is 14.7. The molecule has 25 heavy (non-hydrogen) atoms. The van der Waals surface area contributed by atoms with Gasteiger partial charge in [-0.3, -0.25) is 9.55 Å². The fourth-order valence-electron chi connectivity index (χ4n) is 2.76. The highest BCUT2D eigenvalue weighted by molar-refractivity contribution is 9.10. The Morgan fingerprint density at radius 1 is 0.880 bits per heavy atom. The lowest BCUT2D eigenvalue weighted by atomic mass is 10.1. The summed E-state index contributed by atoms with van der Waals surface area (Å²) in [5.41, 5.74) is 3.72. The monoisotopic (exact) mass is 393 g/mol. The van der Waals surface area contributed by atoms with E-state index in [0.29, 0.717) is 0 Å². The number of pyridine rings is 1. The number of benzene rings is 2. The second kappa shape index (κ2) is 6.61. The zero-order valence-electron chi connectivity index (χ0n) is 13.1. The molecule has 0 fully saturated rings. The Morgan fingerprint density at radius 2 is 1.60 bits per heavy atom. The molecule has 3 nitrogen and oxygen atoms in total. The van der Waals surface area contributed by atoms with Crippen LogP contribution in [0.15, 0.2) is 83.7 Å². The lowest BCUT2D eigenvalue weighted by Gasteiger charge is -2.13. The van der Waals surface area contributed by atoms with Crippen molar-refractivity contribution >= 4 is 15.9 Å². The predicted molar refractivity (Wildman–Crippen MR) is 99.9 cm³/mol. The number of hydrogen-bond donors (Lipinski definition) is 0. The molecule has 4 aromatic rings. The van der Waals surface area contributed by atoms with Crippen molar-refractivity contribution in [1.29, 1.82) is 0 Å². The number of halogens is 2. The van der Waals surface area contributed by atoms with Crippen molar-refractivity contribution in [3.8, 4) is 28.3 Å². The van der Waals surface area contributed by atoms with Crippen LogP contribution < -0.4 is 0 Å². The van der Waals surface area contributed by atoms with Crippen LogP contribution in [0.5, 0.6) is 0 Å². The van der Waals surface area contributed by atoms with E-state index in [9.17, 15) is 4.39 Å². The fourth-order valence-corrected chi connectivity index (χ4v) is 3.22. The number of hydrogen-bond acceptors (Lipinski definition) is 2. The molecule has 0 bridgehead atoms. The summed E-state index contributed by atoms with van der Waals surface area (Å²) in [6, 6.07) is 18.2. The summed E-state index contributed by atoms with van der Waals surface area (Å²) in [6.45, 7) is 0. The maximum Gasteiger partial charge on any atom is 0.146 e. The highest BCUT2D eigenvalue weighted by Gasteiger charge is 2.16. The van der Waals surface area contributed by atoms with Gasteiger partial charge in [0.05, 0.1) is 11.9 Å². The van der Waals surface area contributed by atoms with Gasteiger partial charge >= 0.3 is 0 Å². The van der Waals surface area contributed by atoms with Gasteiger partial charge in [0.1, 0.15) is 11.6 Å². The molecular formula is C20H13BrFN3. The van der Waals surface area contributed by atoms with Gasteiger partial charge in [0, 0.05) is 33.7 Å². The van der Waals surface area contributed by atoms with Crippen LogP contribution in [-0.2, 0) is 0 Å². The number of aromatic nitrogens is 3. The third-order valence-corrected chi connectivity index (χ3v) is 4.63. The normalized spacial score (nSPS) is 10.8. The molecule has 2 aromatic carbocycles. The summed E-state index contributed by atoms with van der Waals surface area (Å²) >= 11 is 3.59. The Morgan fingerprint density at radius 3 is 2.32 bits per heavy atom. The average Bonchev–Trinajstić information content (AvgIpc) is 3.08. The molecule has 0 atom stereocenters. The molecule has 5 heteroatoms. The predicted octanol–water partition coefficient (Wildman–Crippen LogP) is 5.50. The molecule has 0 amide bonds. The lowest BCUT2D eigenvalue weighted by Crippen LogP contribution is -2.00. The van der Waals surface area contributed by atoms with Crippen LogP contribution in [0.4, 0.5) is 4.39 Å². The van der Waals surface area contributed by atoms with Gasteiger partial charge < -0.3 is 0 Å². The van der Waals surface area contributed by atoms with Gasteiger partial charge in [-0.1, -0.05) is 34.1 Å². The van der Waals surface area contributed by atoms with Crippen molar-refractivity contribution in [3.05, 3.63) is 89.5 Å². The van der Waals surface area contributed by atoms with E-state index in [2.05, 4.69) is 25.9 Å². The molecule has 122 valence electrons. The van der Waals surface area contributed by atoms with E-state index < -0.39 is 0 Å². The van der Waals surface area contributed by atoms with E-state index >= 15 is 0 Å². The minimum Gasteiger partial charge on any atom is -0.292 e. The van der Waals surface area contributed by atoms with Gasteiger partial charge in [0.2, 0.25) is 0 Å². The molecule has 2 heterocycles. The second-order valence-electron chi connectivity index (χ2n) is 5.49. The third-order valence-electron chi connectivity index (χ3n) is 3.94. The first-order chi connectivity index (χ1) is 12.2. The van der Waals surface area contributed by atoms with Crippen LogP contribution in [0.1, 0.15) is 0 Å². The van der Waals surface area contributed by atoms with Gasteiger partial charge in [-0.2, -0.15) is 0 Å². The molecule has 0 aliphatic carbocycles. The summed E-state index contributed by atoms with van der Waals surface area (Å²) in [7, 11) is 0. The van der Waals surface area contributed by atoms with Crippen molar-refractivity contribution in [2.24, 2.45) is 0 Å². The minimum atomic E-state index is -0.267. The van der Waals surface area contributed by atoms with Crippen LogP contribution in [0.3, 0.4) is 0 Å². The SMILES string of the molecule is Fc1ccc(-n2c(-c3ccncc3)cnc2-c2ccccc2Br)cc1. The van der Waals surface area contributed by atoms with Gasteiger partial charge in [-0.15, -0.1) is 0 Å². The molecule has 0 unspecified atom stereocenters. The van der Waals surface area contributed by atoms with Gasteiger partial charge in [0.25, 0.3) is 0 Å². The first-order valence-corrected chi connectivity index (χ1v) is 8.52. The highest BCUT2D eigenvalue weighted by Crippen LogP contribution is 2.33. The molecule has 0 spiro atoms. The third kappa shape index (κ3) is 2.98. The largest absolute Gasteiger partial charge is 0.292 e. The van der Waals surface area contributed by atoms with E-state index in [1.165, 1.54) is 12.1 Å². The van der Waals surface area contributed by atoms with Crippen molar-refractivity contribution in [2.75, 3.05) is 0 Å². The maximum atomic E-state index is 13.4. The van der Waals surface area contributed by atoms with E-state index in [4.69, 9.17) is 0 Å². The molecule has 2 aromatic heterocycles. The zero-order chi connectivity index (χ0) is 17.2. The first-order valence-electron chi connectivity index (χ1n) is 7.73. The molecule has 4 rings (SSSR count). The van der Waals surface area contributed by atoms with Gasteiger partial charge in [-0.25, -0.2) is 9.37 Å². The topological polar surface area (TPSA) is 30.7 Å². The molecule has 0 saturated carbocycles. The summed E-state index contributed by atoms with van der Waals surface area (Å²) in [5, 5.41) is 0. The van der Waals surface area contributed by atoms with E-state index in [1.54, 1.807) is 24.5 Å². The standard InChI is InChI=1S/C20H13BrFN3/c21-18-4-2-1-3-17(18)20-24-13-19(14-9-11-23-12-10-14)25(20)16-7-5-15(22)6-8-16/h1-13H.